The second kappa shape index (κ2) is 6.02. The number of pyridine rings is 1. The summed E-state index contributed by atoms with van der Waals surface area (Å²) in [6.45, 7) is 0.663. The van der Waals surface area contributed by atoms with E-state index in [4.69, 9.17) is 4.74 Å². The fraction of sp³-hybridized carbons (Fsp3) is 0.214. The molecule has 0 unspecified atom stereocenters. The molecular weight excluding hydrogens is 228 g/mol. The van der Waals surface area contributed by atoms with E-state index in [1.54, 1.807) is 13.3 Å². The second-order valence-corrected chi connectivity index (χ2v) is 3.90. The summed E-state index contributed by atoms with van der Waals surface area (Å²) in [5, 5.41) is 12.5. The van der Waals surface area contributed by atoms with E-state index in [2.05, 4.69) is 10.3 Å². The molecule has 18 heavy (non-hydrogen) atoms. The van der Waals surface area contributed by atoms with Crippen LogP contribution >= 0.6 is 0 Å². The first-order valence-electron chi connectivity index (χ1n) is 5.74. The van der Waals surface area contributed by atoms with Gasteiger partial charge < -0.3 is 15.2 Å². The number of nitrogens with zero attached hydrogens (tertiary/aromatic N) is 1. The topological polar surface area (TPSA) is 54.4 Å². The number of nitrogens with one attached hydrogen (secondary N) is 1. The monoisotopic (exact) mass is 244 g/mol. The Morgan fingerprint density at radius 3 is 2.89 bits per heavy atom. The third-order valence-corrected chi connectivity index (χ3v) is 2.67. The molecule has 0 atom stereocenters. The van der Waals surface area contributed by atoms with E-state index in [0.29, 0.717) is 12.3 Å². The highest BCUT2D eigenvalue weighted by atomic mass is 16.5. The summed E-state index contributed by atoms with van der Waals surface area (Å²) in [7, 11) is 1.59. The zero-order chi connectivity index (χ0) is 12.8. The number of hydrogen-bond donors (Lipinski definition) is 2. The first-order valence-corrected chi connectivity index (χ1v) is 5.74. The van der Waals surface area contributed by atoms with Gasteiger partial charge in [0.2, 0.25) is 0 Å². The van der Waals surface area contributed by atoms with Gasteiger partial charge in [0, 0.05) is 30.2 Å². The van der Waals surface area contributed by atoms with Crippen molar-refractivity contribution >= 4 is 5.69 Å². The van der Waals surface area contributed by atoms with Crippen molar-refractivity contribution in [3.63, 3.8) is 0 Å². The molecule has 0 aliphatic heterocycles. The number of rotatable bonds is 5. The van der Waals surface area contributed by atoms with E-state index in [0.717, 1.165) is 16.8 Å². The Bertz CT molecular complexity index is 500. The number of anilines is 1. The van der Waals surface area contributed by atoms with E-state index >= 15 is 0 Å². The first kappa shape index (κ1) is 12.4. The minimum Gasteiger partial charge on any atom is -0.496 e. The van der Waals surface area contributed by atoms with Gasteiger partial charge in [-0.25, -0.2) is 0 Å². The van der Waals surface area contributed by atoms with E-state index in [9.17, 15) is 5.11 Å². The molecule has 1 heterocycles. The predicted molar refractivity (Wildman–Crippen MR) is 70.5 cm³/mol. The van der Waals surface area contributed by atoms with Crippen molar-refractivity contribution in [2.45, 2.75) is 13.2 Å². The van der Waals surface area contributed by atoms with Gasteiger partial charge in [0.1, 0.15) is 5.75 Å². The predicted octanol–water partition coefficient (Wildman–Crippen LogP) is 2.19. The molecule has 2 rings (SSSR count). The van der Waals surface area contributed by atoms with Gasteiger partial charge in [0.05, 0.1) is 13.7 Å². The van der Waals surface area contributed by atoms with E-state index in [1.165, 1.54) is 0 Å². The summed E-state index contributed by atoms with van der Waals surface area (Å²) in [5.41, 5.74) is 2.83. The van der Waals surface area contributed by atoms with Gasteiger partial charge >= 0.3 is 0 Å². The zero-order valence-electron chi connectivity index (χ0n) is 10.3. The van der Waals surface area contributed by atoms with Crippen LogP contribution in [0, 0.1) is 0 Å². The van der Waals surface area contributed by atoms with Crippen LogP contribution in [0.5, 0.6) is 5.75 Å². The van der Waals surface area contributed by atoms with Crippen LogP contribution in [0.4, 0.5) is 5.69 Å². The van der Waals surface area contributed by atoms with Gasteiger partial charge in [0.25, 0.3) is 0 Å². The molecule has 2 aromatic rings. The summed E-state index contributed by atoms with van der Waals surface area (Å²) in [6.07, 6.45) is 3.57. The molecule has 1 aromatic carbocycles. The normalized spacial score (nSPS) is 10.1. The lowest BCUT2D eigenvalue weighted by atomic mass is 10.2. The van der Waals surface area contributed by atoms with Crippen LogP contribution in [0.25, 0.3) is 0 Å². The average Bonchev–Trinajstić information content (AvgIpc) is 2.45. The van der Waals surface area contributed by atoms with Crippen LogP contribution in [0.15, 0.2) is 42.7 Å². The lowest BCUT2D eigenvalue weighted by molar-refractivity contribution is 0.274. The van der Waals surface area contributed by atoms with Crippen molar-refractivity contribution in [1.29, 1.82) is 0 Å². The smallest absolute Gasteiger partial charge is 0.124 e. The Balaban J connectivity index is 2.06. The molecule has 0 saturated heterocycles. The van der Waals surface area contributed by atoms with Crippen LogP contribution in [0.1, 0.15) is 11.1 Å². The van der Waals surface area contributed by atoms with E-state index < -0.39 is 0 Å². The van der Waals surface area contributed by atoms with Gasteiger partial charge in [0.15, 0.2) is 0 Å². The van der Waals surface area contributed by atoms with Crippen molar-refractivity contribution in [1.82, 2.24) is 4.98 Å². The summed E-state index contributed by atoms with van der Waals surface area (Å²) in [4.78, 5) is 4.06. The molecule has 0 aliphatic rings. The Morgan fingerprint density at radius 2 is 2.22 bits per heavy atom. The summed E-state index contributed by atoms with van der Waals surface area (Å²) >= 11 is 0. The quantitative estimate of drug-likeness (QED) is 0.846. The Labute approximate surface area is 106 Å². The molecule has 0 aliphatic carbocycles. The third-order valence-electron chi connectivity index (χ3n) is 2.67. The van der Waals surface area contributed by atoms with Gasteiger partial charge in [-0.05, 0) is 29.8 Å². The number of aromatic nitrogens is 1. The number of methoxy groups -OCH3 is 1. The van der Waals surface area contributed by atoms with Crippen LogP contribution in [0.2, 0.25) is 0 Å². The standard InChI is InChI=1S/C14H16N2O2/c1-18-14-5-4-13(7-12(14)10-17)16-9-11-3-2-6-15-8-11/h2-8,16-17H,9-10H2,1H3. The summed E-state index contributed by atoms with van der Waals surface area (Å²) in [6, 6.07) is 9.57. The molecule has 1 aromatic heterocycles. The molecule has 4 nitrogen and oxygen atoms in total. The number of benzene rings is 1. The van der Waals surface area contributed by atoms with E-state index in [1.807, 2.05) is 36.5 Å². The number of hydrogen-bond acceptors (Lipinski definition) is 4. The molecule has 0 spiro atoms. The highest BCUT2D eigenvalue weighted by Crippen LogP contribution is 2.22. The number of aliphatic hydroxyl groups is 1. The number of ether oxygens (including phenoxy) is 1. The summed E-state index contributed by atoms with van der Waals surface area (Å²) < 4.78 is 5.16. The van der Waals surface area contributed by atoms with Gasteiger partial charge in [-0.1, -0.05) is 6.07 Å². The van der Waals surface area contributed by atoms with Gasteiger partial charge in [-0.3, -0.25) is 4.98 Å². The Morgan fingerprint density at radius 1 is 1.33 bits per heavy atom. The van der Waals surface area contributed by atoms with Crippen LogP contribution in [0.3, 0.4) is 0 Å². The minimum atomic E-state index is -0.0361. The lowest BCUT2D eigenvalue weighted by Gasteiger charge is -2.10. The highest BCUT2D eigenvalue weighted by molar-refractivity contribution is 5.51. The maximum Gasteiger partial charge on any atom is 0.124 e. The first-order chi connectivity index (χ1) is 8.83. The fourth-order valence-electron chi connectivity index (χ4n) is 1.72. The van der Waals surface area contributed by atoms with Crippen LogP contribution in [-0.2, 0) is 13.2 Å². The molecule has 0 radical (unpaired) electrons. The molecule has 0 fully saturated rings. The van der Waals surface area contributed by atoms with Crippen molar-refractivity contribution in [2.75, 3.05) is 12.4 Å². The molecule has 0 bridgehead atoms. The van der Waals surface area contributed by atoms with Crippen LogP contribution in [-0.4, -0.2) is 17.2 Å². The molecule has 0 amide bonds. The molecule has 94 valence electrons. The van der Waals surface area contributed by atoms with Crippen molar-refractivity contribution in [3.05, 3.63) is 53.9 Å². The maximum absolute atomic E-state index is 9.24. The SMILES string of the molecule is COc1ccc(NCc2cccnc2)cc1CO. The highest BCUT2D eigenvalue weighted by Gasteiger charge is 2.03. The third kappa shape index (κ3) is 2.99. The fourth-order valence-corrected chi connectivity index (χ4v) is 1.72. The van der Waals surface area contributed by atoms with Gasteiger partial charge in [-0.2, -0.15) is 0 Å². The number of aliphatic hydroxyl groups excluding tert-OH is 1. The summed E-state index contributed by atoms with van der Waals surface area (Å²) in [5.74, 6) is 0.699. The van der Waals surface area contributed by atoms with Crippen LogP contribution < -0.4 is 10.1 Å². The molecule has 2 N–H and O–H groups in total. The largest absolute Gasteiger partial charge is 0.496 e. The Kier molecular flexibility index (Phi) is 4.15. The average molecular weight is 244 g/mol. The van der Waals surface area contributed by atoms with Gasteiger partial charge in [-0.15, -0.1) is 0 Å². The molecule has 0 saturated carbocycles. The Hall–Kier alpha value is -2.07. The zero-order valence-corrected chi connectivity index (χ0v) is 10.3. The minimum absolute atomic E-state index is 0.0361. The maximum atomic E-state index is 9.24. The van der Waals surface area contributed by atoms with E-state index in [-0.39, 0.29) is 6.61 Å². The van der Waals surface area contributed by atoms with Crippen molar-refractivity contribution in [3.8, 4) is 5.75 Å². The molecular formula is C14H16N2O2. The lowest BCUT2D eigenvalue weighted by Crippen LogP contribution is -2.01. The van der Waals surface area contributed by atoms with Crippen molar-refractivity contribution < 1.29 is 9.84 Å². The molecule has 4 heteroatoms. The second-order valence-electron chi connectivity index (χ2n) is 3.90. The van der Waals surface area contributed by atoms with Crippen molar-refractivity contribution in [2.24, 2.45) is 0 Å².